The molecule has 84 valence electrons. The minimum atomic E-state index is -0.322. The molecule has 0 unspecified atom stereocenters. The Hall–Kier alpha value is -1.32. The van der Waals surface area contributed by atoms with E-state index < -0.39 is 0 Å². The molecule has 0 aromatic carbocycles. The first-order chi connectivity index (χ1) is 6.86. The molecule has 0 aliphatic rings. The molecule has 0 amide bonds. The van der Waals surface area contributed by atoms with E-state index in [-0.39, 0.29) is 16.7 Å². The van der Waals surface area contributed by atoms with Gasteiger partial charge >= 0.3 is 5.69 Å². The summed E-state index contributed by atoms with van der Waals surface area (Å²) in [5.41, 5.74) is -0.0348. The second-order valence-electron chi connectivity index (χ2n) is 4.73. The Balaban J connectivity index is 3.47. The zero-order valence-electron chi connectivity index (χ0n) is 9.76. The molecule has 1 heterocycles. The Bertz CT molecular complexity index is 449. The molecule has 0 saturated carbocycles. The molecule has 0 aliphatic heterocycles. The Morgan fingerprint density at radius 2 is 1.93 bits per heavy atom. The van der Waals surface area contributed by atoms with Gasteiger partial charge in [0.2, 0.25) is 0 Å². The van der Waals surface area contributed by atoms with Crippen LogP contribution in [0.5, 0.6) is 0 Å². The summed E-state index contributed by atoms with van der Waals surface area (Å²) in [4.78, 5) is 25.1. The highest BCUT2D eigenvalue weighted by Crippen LogP contribution is 2.19. The number of nitrogens with one attached hydrogen (secondary N) is 1. The van der Waals surface area contributed by atoms with Gasteiger partial charge in [0.1, 0.15) is 0 Å². The summed E-state index contributed by atoms with van der Waals surface area (Å²) in [6.45, 7) is 8.63. The molecule has 1 rings (SSSR count). The third-order valence-corrected chi connectivity index (χ3v) is 2.25. The first-order valence-corrected chi connectivity index (χ1v) is 5.21. The van der Waals surface area contributed by atoms with E-state index in [1.54, 1.807) is 4.57 Å². The predicted octanol–water partition coefficient (Wildman–Crippen LogP) is 1.24. The fourth-order valence-electron chi connectivity index (χ4n) is 1.59. The smallest absolute Gasteiger partial charge is 0.297 e. The SMILES string of the molecule is CCCn1c(C(C)(C)C)cc(=O)[nH]c1=O. The van der Waals surface area contributed by atoms with Crippen molar-refractivity contribution in [3.05, 3.63) is 32.6 Å². The lowest BCUT2D eigenvalue weighted by Gasteiger charge is -2.23. The van der Waals surface area contributed by atoms with Crippen LogP contribution in [0.1, 0.15) is 39.8 Å². The maximum Gasteiger partial charge on any atom is 0.328 e. The van der Waals surface area contributed by atoms with Gasteiger partial charge in [-0.2, -0.15) is 0 Å². The summed E-state index contributed by atoms with van der Waals surface area (Å²) >= 11 is 0. The average molecular weight is 210 g/mol. The highest BCUT2D eigenvalue weighted by molar-refractivity contribution is 5.12. The van der Waals surface area contributed by atoms with Crippen molar-refractivity contribution in [1.29, 1.82) is 0 Å². The molecule has 0 fully saturated rings. The van der Waals surface area contributed by atoms with Gasteiger partial charge < -0.3 is 0 Å². The molecule has 0 radical (unpaired) electrons. The largest absolute Gasteiger partial charge is 0.328 e. The lowest BCUT2D eigenvalue weighted by molar-refractivity contribution is 0.488. The van der Waals surface area contributed by atoms with Crippen LogP contribution in [0.2, 0.25) is 0 Å². The van der Waals surface area contributed by atoms with Crippen LogP contribution < -0.4 is 11.2 Å². The van der Waals surface area contributed by atoms with E-state index in [4.69, 9.17) is 0 Å². The topological polar surface area (TPSA) is 54.9 Å². The quantitative estimate of drug-likeness (QED) is 0.798. The normalized spacial score (nSPS) is 11.7. The number of H-pyrrole nitrogens is 1. The zero-order chi connectivity index (χ0) is 11.6. The van der Waals surface area contributed by atoms with Crippen LogP contribution in [0.25, 0.3) is 0 Å². The van der Waals surface area contributed by atoms with Crippen molar-refractivity contribution in [2.24, 2.45) is 0 Å². The number of aromatic amines is 1. The first kappa shape index (κ1) is 11.8. The fraction of sp³-hybridized carbons (Fsp3) is 0.636. The molecule has 0 aliphatic carbocycles. The van der Waals surface area contributed by atoms with E-state index in [9.17, 15) is 9.59 Å². The number of nitrogens with zero attached hydrogens (tertiary/aromatic N) is 1. The van der Waals surface area contributed by atoms with Crippen molar-refractivity contribution < 1.29 is 0 Å². The van der Waals surface area contributed by atoms with E-state index in [0.29, 0.717) is 6.54 Å². The van der Waals surface area contributed by atoms with Crippen LogP contribution in [0.3, 0.4) is 0 Å². The van der Waals surface area contributed by atoms with E-state index in [0.717, 1.165) is 12.1 Å². The minimum absolute atomic E-state index is 0.192. The summed E-state index contributed by atoms with van der Waals surface area (Å²) in [5, 5.41) is 0. The number of hydrogen-bond donors (Lipinski definition) is 1. The van der Waals surface area contributed by atoms with Crippen LogP contribution in [-0.4, -0.2) is 9.55 Å². The third-order valence-electron chi connectivity index (χ3n) is 2.25. The Morgan fingerprint density at radius 1 is 1.33 bits per heavy atom. The summed E-state index contributed by atoms with van der Waals surface area (Å²) in [6.07, 6.45) is 0.870. The predicted molar refractivity (Wildman–Crippen MR) is 60.3 cm³/mol. The van der Waals surface area contributed by atoms with Gasteiger partial charge in [-0.05, 0) is 6.42 Å². The van der Waals surface area contributed by atoms with E-state index >= 15 is 0 Å². The van der Waals surface area contributed by atoms with Crippen LogP contribution in [-0.2, 0) is 12.0 Å². The second kappa shape index (κ2) is 4.04. The monoisotopic (exact) mass is 210 g/mol. The lowest BCUT2D eigenvalue weighted by Crippen LogP contribution is -2.36. The van der Waals surface area contributed by atoms with E-state index in [2.05, 4.69) is 4.98 Å². The van der Waals surface area contributed by atoms with E-state index in [1.807, 2.05) is 27.7 Å². The first-order valence-electron chi connectivity index (χ1n) is 5.21. The third kappa shape index (κ3) is 2.58. The molecule has 4 heteroatoms. The van der Waals surface area contributed by atoms with Gasteiger partial charge in [-0.15, -0.1) is 0 Å². The molecule has 0 saturated heterocycles. The highest BCUT2D eigenvalue weighted by atomic mass is 16.2. The van der Waals surface area contributed by atoms with Crippen molar-refractivity contribution in [1.82, 2.24) is 9.55 Å². The van der Waals surface area contributed by atoms with Gasteiger partial charge in [0, 0.05) is 23.7 Å². The molecule has 0 spiro atoms. The second-order valence-corrected chi connectivity index (χ2v) is 4.73. The van der Waals surface area contributed by atoms with Crippen LogP contribution in [0.4, 0.5) is 0 Å². The van der Waals surface area contributed by atoms with Gasteiger partial charge in [0.25, 0.3) is 5.56 Å². The molecule has 1 aromatic rings. The van der Waals surface area contributed by atoms with Crippen LogP contribution >= 0.6 is 0 Å². The van der Waals surface area contributed by atoms with Gasteiger partial charge in [0.15, 0.2) is 0 Å². The van der Waals surface area contributed by atoms with Gasteiger partial charge in [0.05, 0.1) is 0 Å². The van der Waals surface area contributed by atoms with Gasteiger partial charge in [-0.1, -0.05) is 27.7 Å². The van der Waals surface area contributed by atoms with Crippen molar-refractivity contribution in [3.8, 4) is 0 Å². The maximum atomic E-state index is 11.6. The maximum absolute atomic E-state index is 11.6. The standard InChI is InChI=1S/C11H18N2O2/c1-5-6-13-8(11(2,3)4)7-9(14)12-10(13)15/h7H,5-6H2,1-4H3,(H,12,14,15). The fourth-order valence-corrected chi connectivity index (χ4v) is 1.59. The molecular formula is C11H18N2O2. The summed E-state index contributed by atoms with van der Waals surface area (Å²) in [7, 11) is 0. The summed E-state index contributed by atoms with van der Waals surface area (Å²) in [5.74, 6) is 0. The Labute approximate surface area is 89.0 Å². The Kier molecular flexibility index (Phi) is 3.17. The summed E-state index contributed by atoms with van der Waals surface area (Å²) < 4.78 is 1.64. The van der Waals surface area contributed by atoms with Gasteiger partial charge in [-0.25, -0.2) is 4.79 Å². The molecule has 0 atom stereocenters. The van der Waals surface area contributed by atoms with Crippen molar-refractivity contribution in [3.63, 3.8) is 0 Å². The highest BCUT2D eigenvalue weighted by Gasteiger charge is 2.19. The number of aromatic nitrogens is 2. The van der Waals surface area contributed by atoms with Crippen LogP contribution in [0, 0.1) is 0 Å². The molecule has 0 bridgehead atoms. The minimum Gasteiger partial charge on any atom is -0.297 e. The van der Waals surface area contributed by atoms with Crippen molar-refractivity contribution in [2.75, 3.05) is 0 Å². The number of hydrogen-bond acceptors (Lipinski definition) is 2. The molecular weight excluding hydrogens is 192 g/mol. The summed E-state index contributed by atoms with van der Waals surface area (Å²) in [6, 6.07) is 1.51. The number of rotatable bonds is 2. The average Bonchev–Trinajstić information content (AvgIpc) is 2.07. The zero-order valence-corrected chi connectivity index (χ0v) is 9.76. The Morgan fingerprint density at radius 3 is 2.40 bits per heavy atom. The van der Waals surface area contributed by atoms with Crippen molar-refractivity contribution >= 4 is 0 Å². The molecule has 1 N–H and O–H groups in total. The van der Waals surface area contributed by atoms with Gasteiger partial charge in [-0.3, -0.25) is 14.3 Å². The lowest BCUT2D eigenvalue weighted by atomic mass is 9.91. The molecule has 4 nitrogen and oxygen atoms in total. The molecule has 1 aromatic heterocycles. The van der Waals surface area contributed by atoms with E-state index in [1.165, 1.54) is 6.07 Å². The van der Waals surface area contributed by atoms with Crippen molar-refractivity contribution in [2.45, 2.75) is 46.1 Å². The van der Waals surface area contributed by atoms with Crippen LogP contribution in [0.15, 0.2) is 15.7 Å². The molecule has 15 heavy (non-hydrogen) atoms.